The monoisotopic (exact) mass is 902 g/mol. The minimum atomic E-state index is -1.25. The van der Waals surface area contributed by atoms with E-state index in [2.05, 4.69) is 40.2 Å². The summed E-state index contributed by atoms with van der Waals surface area (Å²) in [7, 11) is 5.93. The third-order valence-electron chi connectivity index (χ3n) is 12.1. The maximum absolute atomic E-state index is 14.4. The Morgan fingerprint density at radius 1 is 0.621 bits per heavy atom. The lowest BCUT2D eigenvalue weighted by atomic mass is 9.98. The number of carbonyl (C=O) groups is 6. The molecule has 0 aromatic heterocycles. The standard InChI is InChI=1S/C51H62N6O9/c1-51(2,3)66-50(63)56(6)29-28-55(5)47(60)44(30-45(58)52-4)57(7)46(59)43(54-49(62)65-32-42-39-24-14-10-20-35(39)36-21-11-15-25-40(36)42)26-16-17-27-53-48(61)64-31-41-37-22-12-8-18-33(37)34-19-9-13-23-38(34)41/h8-15,18-25,41-44H,16-17,26-32H2,1-7H3,(H,52,58)(H,53,61)(H,54,62)/t43-,44-/m0/s1. The Morgan fingerprint density at radius 3 is 1.55 bits per heavy atom. The molecule has 0 unspecified atom stereocenters. The highest BCUT2D eigenvalue weighted by molar-refractivity contribution is 5.94. The van der Waals surface area contributed by atoms with Gasteiger partial charge in [-0.15, -0.1) is 0 Å². The van der Waals surface area contributed by atoms with Crippen LogP contribution in [-0.4, -0.2) is 129 Å². The fourth-order valence-corrected chi connectivity index (χ4v) is 8.52. The zero-order valence-electron chi connectivity index (χ0n) is 38.9. The van der Waals surface area contributed by atoms with Crippen LogP contribution in [0.2, 0.25) is 0 Å². The SMILES string of the molecule is CNC(=O)C[C@@H](C(=O)N(C)CCN(C)C(=O)OC(C)(C)C)N(C)C(=O)[C@H](CCCCNC(=O)OCC1c2ccccc2-c2ccccc21)NC(=O)OCC1c2ccccc2-c2ccccc21. The average Bonchev–Trinajstić information content (AvgIpc) is 3.81. The van der Waals surface area contributed by atoms with Crippen molar-refractivity contribution in [2.45, 2.75) is 76.0 Å². The Hall–Kier alpha value is -6.90. The molecule has 6 rings (SSSR count). The third kappa shape index (κ3) is 11.9. The predicted molar refractivity (Wildman–Crippen MR) is 251 cm³/mol. The minimum absolute atomic E-state index is 0.0149. The number of carbonyl (C=O) groups excluding carboxylic acids is 6. The van der Waals surface area contributed by atoms with Gasteiger partial charge in [0.25, 0.3) is 0 Å². The van der Waals surface area contributed by atoms with Crippen molar-refractivity contribution < 1.29 is 43.0 Å². The molecule has 3 N–H and O–H groups in total. The van der Waals surface area contributed by atoms with Gasteiger partial charge in [-0.05, 0) is 84.5 Å². The number of unbranched alkanes of at least 4 members (excludes halogenated alkanes) is 1. The van der Waals surface area contributed by atoms with Crippen molar-refractivity contribution in [3.63, 3.8) is 0 Å². The number of rotatable bonds is 18. The second-order valence-corrected chi connectivity index (χ2v) is 17.8. The van der Waals surface area contributed by atoms with Crippen molar-refractivity contribution in [2.75, 3.05) is 61.0 Å². The van der Waals surface area contributed by atoms with Crippen molar-refractivity contribution in [1.29, 1.82) is 0 Å². The number of ether oxygens (including phenoxy) is 3. The number of benzene rings is 4. The molecule has 0 radical (unpaired) electrons. The fraction of sp³-hybridized carbons (Fsp3) is 0.412. The van der Waals surface area contributed by atoms with E-state index >= 15 is 0 Å². The number of nitrogens with one attached hydrogen (secondary N) is 3. The van der Waals surface area contributed by atoms with E-state index in [-0.39, 0.29) is 57.5 Å². The molecule has 2 aliphatic rings. The highest BCUT2D eigenvalue weighted by Gasteiger charge is 2.36. The lowest BCUT2D eigenvalue weighted by Gasteiger charge is -2.33. The summed E-state index contributed by atoms with van der Waals surface area (Å²) >= 11 is 0. The Labute approximate surface area is 387 Å². The van der Waals surface area contributed by atoms with Crippen LogP contribution in [0.4, 0.5) is 14.4 Å². The number of nitrogens with zero attached hydrogens (tertiary/aromatic N) is 3. The van der Waals surface area contributed by atoms with Gasteiger partial charge in [-0.2, -0.15) is 0 Å². The lowest BCUT2D eigenvalue weighted by molar-refractivity contribution is -0.146. The van der Waals surface area contributed by atoms with E-state index in [9.17, 15) is 28.8 Å². The van der Waals surface area contributed by atoms with E-state index in [0.29, 0.717) is 12.8 Å². The van der Waals surface area contributed by atoms with Crippen LogP contribution in [0.5, 0.6) is 0 Å². The van der Waals surface area contributed by atoms with Crippen molar-refractivity contribution in [3.05, 3.63) is 119 Å². The normalized spacial score (nSPS) is 13.4. The Morgan fingerprint density at radius 2 is 1.08 bits per heavy atom. The Kier molecular flexibility index (Phi) is 16.1. The highest BCUT2D eigenvalue weighted by atomic mass is 16.6. The summed E-state index contributed by atoms with van der Waals surface area (Å²) in [5.41, 5.74) is 7.94. The Balaban J connectivity index is 1.10. The second kappa shape index (κ2) is 21.9. The van der Waals surface area contributed by atoms with Crippen LogP contribution in [-0.2, 0) is 28.6 Å². The molecular weight excluding hydrogens is 841 g/mol. The number of hydrogen-bond donors (Lipinski definition) is 3. The molecule has 0 fully saturated rings. The highest BCUT2D eigenvalue weighted by Crippen LogP contribution is 2.45. The van der Waals surface area contributed by atoms with E-state index in [4.69, 9.17) is 14.2 Å². The van der Waals surface area contributed by atoms with Crippen LogP contribution in [0.3, 0.4) is 0 Å². The summed E-state index contributed by atoms with van der Waals surface area (Å²) in [6.07, 6.45) is -1.38. The fourth-order valence-electron chi connectivity index (χ4n) is 8.52. The van der Waals surface area contributed by atoms with Gasteiger partial charge in [0.15, 0.2) is 0 Å². The molecule has 66 heavy (non-hydrogen) atoms. The van der Waals surface area contributed by atoms with Crippen molar-refractivity contribution >= 4 is 36.0 Å². The van der Waals surface area contributed by atoms with Gasteiger partial charge in [-0.25, -0.2) is 14.4 Å². The number of fused-ring (bicyclic) bond motifs is 6. The van der Waals surface area contributed by atoms with Gasteiger partial charge >= 0.3 is 18.3 Å². The van der Waals surface area contributed by atoms with Crippen LogP contribution in [0.25, 0.3) is 22.3 Å². The molecule has 4 aromatic rings. The number of alkyl carbamates (subject to hydrolysis) is 2. The summed E-state index contributed by atoms with van der Waals surface area (Å²) in [5, 5.41) is 8.08. The molecule has 350 valence electrons. The van der Waals surface area contributed by atoms with Gasteiger partial charge in [0.05, 0.1) is 6.42 Å². The maximum atomic E-state index is 14.4. The molecule has 15 nitrogen and oxygen atoms in total. The summed E-state index contributed by atoms with van der Waals surface area (Å²) in [5.74, 6) is -1.95. The van der Waals surface area contributed by atoms with Crippen LogP contribution < -0.4 is 16.0 Å². The largest absolute Gasteiger partial charge is 0.449 e. The molecule has 6 amide bonds. The van der Waals surface area contributed by atoms with Crippen LogP contribution in [0, 0.1) is 0 Å². The van der Waals surface area contributed by atoms with E-state index < -0.39 is 53.7 Å². The molecule has 0 saturated carbocycles. The van der Waals surface area contributed by atoms with Gasteiger partial charge in [0.1, 0.15) is 30.9 Å². The first kappa shape index (κ1) is 48.6. The number of amides is 6. The van der Waals surface area contributed by atoms with E-state index in [1.54, 1.807) is 27.8 Å². The van der Waals surface area contributed by atoms with Crippen LogP contribution in [0.15, 0.2) is 97.1 Å². The molecular formula is C51H62N6O9. The maximum Gasteiger partial charge on any atom is 0.410 e. The quantitative estimate of drug-likeness (QED) is 0.0710. The molecule has 0 bridgehead atoms. The number of hydrogen-bond acceptors (Lipinski definition) is 9. The summed E-state index contributed by atoms with van der Waals surface area (Å²) in [4.78, 5) is 84.3. The summed E-state index contributed by atoms with van der Waals surface area (Å²) < 4.78 is 17.0. The van der Waals surface area contributed by atoms with Crippen LogP contribution in [0.1, 0.15) is 80.5 Å². The molecule has 2 atom stereocenters. The van der Waals surface area contributed by atoms with Gasteiger partial charge in [0, 0.05) is 59.7 Å². The topological polar surface area (TPSA) is 176 Å². The lowest BCUT2D eigenvalue weighted by Crippen LogP contribution is -2.56. The zero-order chi connectivity index (χ0) is 47.5. The summed E-state index contributed by atoms with van der Waals surface area (Å²) in [6.45, 7) is 5.88. The smallest absolute Gasteiger partial charge is 0.410 e. The molecule has 0 spiro atoms. The Bertz CT molecular complexity index is 2310. The van der Waals surface area contributed by atoms with Gasteiger partial charge in [-0.3, -0.25) is 14.4 Å². The third-order valence-corrected chi connectivity index (χ3v) is 12.1. The van der Waals surface area contributed by atoms with Crippen molar-refractivity contribution in [3.8, 4) is 22.3 Å². The minimum Gasteiger partial charge on any atom is -0.449 e. The van der Waals surface area contributed by atoms with E-state index in [0.717, 1.165) is 44.5 Å². The predicted octanol–water partition coefficient (Wildman–Crippen LogP) is 6.89. The van der Waals surface area contributed by atoms with Gasteiger partial charge in [0.2, 0.25) is 17.7 Å². The van der Waals surface area contributed by atoms with E-state index in [1.807, 2.05) is 72.8 Å². The molecule has 0 saturated heterocycles. The molecule has 2 aliphatic carbocycles. The average molecular weight is 903 g/mol. The number of likely N-dealkylation sites (N-methyl/N-ethyl adjacent to an activating group) is 3. The first-order chi connectivity index (χ1) is 31.6. The van der Waals surface area contributed by atoms with Crippen molar-refractivity contribution in [2.24, 2.45) is 0 Å². The van der Waals surface area contributed by atoms with Gasteiger partial charge < -0.3 is 44.9 Å². The van der Waals surface area contributed by atoms with E-state index in [1.165, 1.54) is 35.8 Å². The van der Waals surface area contributed by atoms with Gasteiger partial charge in [-0.1, -0.05) is 97.1 Å². The molecule has 4 aromatic carbocycles. The first-order valence-electron chi connectivity index (χ1n) is 22.4. The first-order valence-corrected chi connectivity index (χ1v) is 22.4. The van der Waals surface area contributed by atoms with Crippen LogP contribution >= 0.6 is 0 Å². The summed E-state index contributed by atoms with van der Waals surface area (Å²) in [6, 6.07) is 29.7. The van der Waals surface area contributed by atoms with Crippen molar-refractivity contribution in [1.82, 2.24) is 30.7 Å². The molecule has 0 heterocycles. The molecule has 0 aliphatic heterocycles. The zero-order valence-corrected chi connectivity index (χ0v) is 38.9. The molecule has 15 heteroatoms. The second-order valence-electron chi connectivity index (χ2n) is 17.8.